The second kappa shape index (κ2) is 9.59. The molecule has 0 aliphatic carbocycles. The average molecular weight is 451 g/mol. The van der Waals surface area contributed by atoms with Crippen molar-refractivity contribution in [2.75, 3.05) is 5.75 Å². The molecule has 1 amide bonds. The first-order valence-corrected chi connectivity index (χ1v) is 11.2. The number of benzene rings is 2. The molecule has 0 unspecified atom stereocenters. The van der Waals surface area contributed by atoms with Crippen LogP contribution in [0, 0.1) is 0 Å². The van der Waals surface area contributed by atoms with Gasteiger partial charge in [-0.25, -0.2) is 15.2 Å². The van der Waals surface area contributed by atoms with Crippen LogP contribution in [-0.4, -0.2) is 33.4 Å². The van der Waals surface area contributed by atoms with Crippen molar-refractivity contribution in [1.82, 2.24) is 15.0 Å². The van der Waals surface area contributed by atoms with E-state index in [4.69, 9.17) is 4.74 Å². The monoisotopic (exact) mass is 450 g/mol. The molecule has 0 radical (unpaired) electrons. The molecule has 2 aromatic carbocycles. The van der Waals surface area contributed by atoms with Crippen LogP contribution in [0.15, 0.2) is 76.3 Å². The average Bonchev–Trinajstić information content (AvgIpc) is 3.42. The van der Waals surface area contributed by atoms with E-state index in [2.05, 4.69) is 15.5 Å². The molecule has 0 fully saturated rings. The van der Waals surface area contributed by atoms with Gasteiger partial charge < -0.3 is 9.30 Å². The van der Waals surface area contributed by atoms with Crippen LogP contribution in [0.1, 0.15) is 15.2 Å². The zero-order valence-electron chi connectivity index (χ0n) is 16.5. The Hall–Kier alpha value is -3.43. The number of nitrogens with one attached hydrogen (secondary N) is 1. The first-order valence-electron chi connectivity index (χ1n) is 9.32. The number of aromatic nitrogens is 2. The Morgan fingerprint density at radius 3 is 2.71 bits per heavy atom. The molecule has 1 N–H and O–H groups in total. The number of ether oxygens (including phenoxy) is 1. The number of thiophene rings is 1. The van der Waals surface area contributed by atoms with E-state index in [1.54, 1.807) is 36.4 Å². The predicted molar refractivity (Wildman–Crippen MR) is 123 cm³/mol. The van der Waals surface area contributed by atoms with Gasteiger partial charge >= 0.3 is 5.97 Å². The fourth-order valence-corrected chi connectivity index (χ4v) is 4.15. The van der Waals surface area contributed by atoms with Gasteiger partial charge in [-0.1, -0.05) is 30.0 Å². The van der Waals surface area contributed by atoms with E-state index in [1.807, 2.05) is 41.3 Å². The number of amides is 1. The molecule has 0 aliphatic heterocycles. The van der Waals surface area contributed by atoms with E-state index in [0.717, 1.165) is 21.8 Å². The van der Waals surface area contributed by atoms with Crippen molar-refractivity contribution < 1.29 is 14.3 Å². The number of hydrazone groups is 1. The van der Waals surface area contributed by atoms with Gasteiger partial charge in [0.15, 0.2) is 5.16 Å². The molecule has 0 bridgehead atoms. The minimum Gasteiger partial charge on any atom is -0.422 e. The van der Waals surface area contributed by atoms with Crippen LogP contribution < -0.4 is 10.2 Å². The Balaban J connectivity index is 1.26. The molecule has 31 heavy (non-hydrogen) atoms. The van der Waals surface area contributed by atoms with Gasteiger partial charge in [-0.2, -0.15) is 5.10 Å². The Bertz CT molecular complexity index is 1230. The molecule has 9 heteroatoms. The molecule has 2 heterocycles. The van der Waals surface area contributed by atoms with E-state index in [9.17, 15) is 9.59 Å². The molecule has 0 atom stereocenters. The van der Waals surface area contributed by atoms with Gasteiger partial charge in [0.2, 0.25) is 0 Å². The number of aryl methyl sites for hydroxylation is 1. The highest BCUT2D eigenvalue weighted by Gasteiger charge is 2.10. The molecule has 0 spiro atoms. The lowest BCUT2D eigenvalue weighted by molar-refractivity contribution is -0.118. The fraction of sp³-hybridized carbons (Fsp3) is 0.0909. The second-order valence-corrected chi connectivity index (χ2v) is 8.35. The minimum atomic E-state index is -0.387. The summed E-state index contributed by atoms with van der Waals surface area (Å²) >= 11 is 2.68. The molecular formula is C22H18N4O3S2. The van der Waals surface area contributed by atoms with Crippen molar-refractivity contribution >= 4 is 52.2 Å². The number of carbonyl (C=O) groups excluding carboxylic acids is 2. The van der Waals surface area contributed by atoms with Gasteiger partial charge in [-0.15, -0.1) is 11.3 Å². The van der Waals surface area contributed by atoms with Crippen molar-refractivity contribution in [3.63, 3.8) is 0 Å². The molecule has 4 aromatic rings. The van der Waals surface area contributed by atoms with Gasteiger partial charge in [-0.3, -0.25) is 4.79 Å². The van der Waals surface area contributed by atoms with Crippen LogP contribution in [0.25, 0.3) is 11.0 Å². The maximum atomic E-state index is 12.1. The molecule has 7 nitrogen and oxygen atoms in total. The molecule has 2 aromatic heterocycles. The van der Waals surface area contributed by atoms with Crippen LogP contribution in [-0.2, 0) is 11.8 Å². The van der Waals surface area contributed by atoms with Crippen molar-refractivity contribution in [2.24, 2.45) is 12.1 Å². The quantitative estimate of drug-likeness (QED) is 0.151. The molecule has 4 rings (SSSR count). The summed E-state index contributed by atoms with van der Waals surface area (Å²) in [6, 6.07) is 18.2. The number of rotatable bonds is 7. The summed E-state index contributed by atoms with van der Waals surface area (Å²) in [4.78, 5) is 29.1. The maximum Gasteiger partial charge on any atom is 0.353 e. The van der Waals surface area contributed by atoms with Gasteiger partial charge in [0.1, 0.15) is 10.6 Å². The second-order valence-electron chi connectivity index (χ2n) is 6.46. The Morgan fingerprint density at radius 2 is 1.97 bits per heavy atom. The summed E-state index contributed by atoms with van der Waals surface area (Å²) in [7, 11) is 1.93. The number of para-hydroxylation sites is 2. The topological polar surface area (TPSA) is 85.6 Å². The lowest BCUT2D eigenvalue weighted by atomic mass is 10.2. The van der Waals surface area contributed by atoms with Crippen molar-refractivity contribution in [2.45, 2.75) is 5.16 Å². The molecule has 0 aliphatic rings. The summed E-state index contributed by atoms with van der Waals surface area (Å²) < 4.78 is 7.27. The summed E-state index contributed by atoms with van der Waals surface area (Å²) in [6.07, 6.45) is 1.53. The number of carbonyl (C=O) groups is 2. The summed E-state index contributed by atoms with van der Waals surface area (Å²) in [5, 5.41) is 6.57. The first kappa shape index (κ1) is 20.8. The summed E-state index contributed by atoms with van der Waals surface area (Å²) in [6.45, 7) is 0. The Labute approximate surface area is 186 Å². The zero-order chi connectivity index (χ0) is 21.6. The van der Waals surface area contributed by atoms with Crippen LogP contribution in [0.4, 0.5) is 0 Å². The smallest absolute Gasteiger partial charge is 0.353 e. The third kappa shape index (κ3) is 5.19. The number of hydrogen-bond acceptors (Lipinski definition) is 7. The van der Waals surface area contributed by atoms with Gasteiger partial charge in [0, 0.05) is 7.05 Å². The summed E-state index contributed by atoms with van der Waals surface area (Å²) in [5.74, 6) is 0.0292. The third-order valence-corrected chi connectivity index (χ3v) is 6.17. The minimum absolute atomic E-state index is 0.201. The van der Waals surface area contributed by atoms with Gasteiger partial charge in [-0.05, 0) is 53.4 Å². The van der Waals surface area contributed by atoms with Crippen LogP contribution >= 0.6 is 23.1 Å². The maximum absolute atomic E-state index is 12.1. The predicted octanol–water partition coefficient (Wildman–Crippen LogP) is 4.10. The van der Waals surface area contributed by atoms with Crippen LogP contribution in [0.5, 0.6) is 5.75 Å². The molecular weight excluding hydrogens is 432 g/mol. The number of nitrogens with zero attached hydrogens (tertiary/aromatic N) is 3. The highest BCUT2D eigenvalue weighted by atomic mass is 32.2. The normalized spacial score (nSPS) is 11.1. The van der Waals surface area contributed by atoms with Crippen molar-refractivity contribution in [3.8, 4) is 5.75 Å². The van der Waals surface area contributed by atoms with E-state index in [-0.39, 0.29) is 17.6 Å². The van der Waals surface area contributed by atoms with Crippen LogP contribution in [0.3, 0.4) is 0 Å². The third-order valence-electron chi connectivity index (χ3n) is 4.29. The number of imidazole rings is 1. The van der Waals surface area contributed by atoms with Crippen molar-refractivity contribution in [3.05, 3.63) is 76.5 Å². The van der Waals surface area contributed by atoms with Gasteiger partial charge in [0.05, 0.1) is 23.0 Å². The Morgan fingerprint density at radius 1 is 1.16 bits per heavy atom. The number of esters is 1. The first-order chi connectivity index (χ1) is 15.1. The number of hydrogen-bond donors (Lipinski definition) is 1. The van der Waals surface area contributed by atoms with E-state index < -0.39 is 0 Å². The van der Waals surface area contributed by atoms with Gasteiger partial charge in [0.25, 0.3) is 5.91 Å². The summed E-state index contributed by atoms with van der Waals surface area (Å²) in [5.41, 5.74) is 5.19. The molecule has 156 valence electrons. The van der Waals surface area contributed by atoms with Crippen LogP contribution in [0.2, 0.25) is 0 Å². The number of fused-ring (bicyclic) bond motifs is 1. The number of thioether (sulfide) groups is 1. The molecule has 0 saturated heterocycles. The lowest BCUT2D eigenvalue weighted by Crippen LogP contribution is -2.19. The standard InChI is InChI=1S/C22H18N4O3S2/c1-26-18-6-3-2-5-17(18)24-22(26)31-14-20(27)25-23-13-15-8-10-16(11-9-15)29-21(28)19-7-4-12-30-19/h2-13H,14H2,1H3,(H,25,27)/b23-13-. The van der Waals surface area contributed by atoms with E-state index >= 15 is 0 Å². The van der Waals surface area contributed by atoms with E-state index in [1.165, 1.54) is 29.3 Å². The SMILES string of the molecule is Cn1c(SCC(=O)N/N=C\c2ccc(OC(=O)c3cccs3)cc2)nc2ccccc21. The Kier molecular flexibility index (Phi) is 6.44. The zero-order valence-corrected chi connectivity index (χ0v) is 18.2. The fourth-order valence-electron chi connectivity index (χ4n) is 2.77. The lowest BCUT2D eigenvalue weighted by Gasteiger charge is -2.03. The highest BCUT2D eigenvalue weighted by molar-refractivity contribution is 7.99. The highest BCUT2D eigenvalue weighted by Crippen LogP contribution is 2.22. The largest absolute Gasteiger partial charge is 0.422 e. The van der Waals surface area contributed by atoms with Crippen molar-refractivity contribution in [1.29, 1.82) is 0 Å². The van der Waals surface area contributed by atoms with E-state index in [0.29, 0.717) is 10.6 Å². The molecule has 0 saturated carbocycles.